The van der Waals surface area contributed by atoms with Gasteiger partial charge in [-0.05, 0) is 37.6 Å². The first kappa shape index (κ1) is 23.3. The lowest BCUT2D eigenvalue weighted by Gasteiger charge is -2.23. The number of hydrogen-bond donors (Lipinski definition) is 0. The third-order valence-corrected chi connectivity index (χ3v) is 7.83. The first-order valence-corrected chi connectivity index (χ1v) is 12.4. The van der Waals surface area contributed by atoms with Crippen molar-refractivity contribution in [2.45, 2.75) is 19.4 Å². The fourth-order valence-electron chi connectivity index (χ4n) is 3.93. The van der Waals surface area contributed by atoms with E-state index in [0.29, 0.717) is 12.2 Å². The number of rotatable bonds is 5. The molecular formula is C23H21ClFNO6S. The quantitative estimate of drug-likeness (QED) is 0.539. The highest BCUT2D eigenvalue weighted by molar-refractivity contribution is 7.91. The maximum absolute atomic E-state index is 14.4. The fraction of sp³-hybridized carbons (Fsp3) is 0.304. The number of aryl methyl sites for hydroxylation is 1. The van der Waals surface area contributed by atoms with Gasteiger partial charge in [-0.2, -0.15) is 0 Å². The lowest BCUT2D eigenvalue weighted by Crippen LogP contribution is -2.40. The fourth-order valence-corrected chi connectivity index (χ4v) is 5.96. The molecule has 1 aromatic heterocycles. The van der Waals surface area contributed by atoms with Gasteiger partial charge in [0.1, 0.15) is 22.9 Å². The van der Waals surface area contributed by atoms with Crippen LogP contribution in [0.5, 0.6) is 5.75 Å². The number of carbonyl (C=O) groups is 1. The van der Waals surface area contributed by atoms with Gasteiger partial charge in [-0.15, -0.1) is 0 Å². The lowest BCUT2D eigenvalue weighted by molar-refractivity contribution is -0.133. The SMILES string of the molecule is Cc1oc2cc(OCC(=O)N(C)[C@H]3CCS(=O)(=O)C3)ccc2c(=O)c1-c1c(F)cccc1Cl. The average Bonchev–Trinajstić information content (AvgIpc) is 3.12. The normalized spacial score (nSPS) is 17.3. The number of ether oxygens (including phenoxy) is 1. The average molecular weight is 494 g/mol. The highest BCUT2D eigenvalue weighted by Gasteiger charge is 2.32. The predicted octanol–water partition coefficient (Wildman–Crippen LogP) is 3.59. The van der Waals surface area contributed by atoms with Crippen molar-refractivity contribution in [2.24, 2.45) is 0 Å². The highest BCUT2D eigenvalue weighted by Crippen LogP contribution is 2.32. The number of sulfone groups is 1. The van der Waals surface area contributed by atoms with Gasteiger partial charge in [0.2, 0.25) is 5.43 Å². The minimum absolute atomic E-state index is 0.0183. The van der Waals surface area contributed by atoms with Crippen LogP contribution in [0, 0.1) is 12.7 Å². The van der Waals surface area contributed by atoms with Crippen LogP contribution < -0.4 is 10.2 Å². The number of amides is 1. The molecule has 10 heteroatoms. The molecule has 1 aliphatic heterocycles. The summed E-state index contributed by atoms with van der Waals surface area (Å²) in [5.74, 6) is -0.491. The molecule has 0 spiro atoms. The van der Waals surface area contributed by atoms with Gasteiger partial charge in [-0.3, -0.25) is 9.59 Å². The number of carbonyl (C=O) groups excluding carboxylic acids is 1. The van der Waals surface area contributed by atoms with E-state index in [0.717, 1.165) is 0 Å². The van der Waals surface area contributed by atoms with Crippen LogP contribution in [0.4, 0.5) is 4.39 Å². The van der Waals surface area contributed by atoms with Gasteiger partial charge in [-0.25, -0.2) is 12.8 Å². The van der Waals surface area contributed by atoms with Crippen LogP contribution in [0.2, 0.25) is 5.02 Å². The number of likely N-dealkylation sites (N-methyl/N-ethyl adjacent to an activating group) is 1. The molecule has 1 saturated heterocycles. The maximum atomic E-state index is 14.4. The Kier molecular flexibility index (Phi) is 6.20. The minimum atomic E-state index is -3.11. The van der Waals surface area contributed by atoms with Crippen molar-refractivity contribution in [3.05, 3.63) is 63.2 Å². The van der Waals surface area contributed by atoms with Crippen molar-refractivity contribution in [3.63, 3.8) is 0 Å². The molecule has 1 atom stereocenters. The zero-order chi connectivity index (χ0) is 23.9. The van der Waals surface area contributed by atoms with Gasteiger partial charge >= 0.3 is 0 Å². The molecule has 4 rings (SSSR count). The smallest absolute Gasteiger partial charge is 0.260 e. The summed E-state index contributed by atoms with van der Waals surface area (Å²) in [6, 6.07) is 8.26. The minimum Gasteiger partial charge on any atom is -0.484 e. The molecule has 7 nitrogen and oxygen atoms in total. The molecule has 0 saturated carbocycles. The number of benzene rings is 2. The van der Waals surface area contributed by atoms with E-state index in [2.05, 4.69) is 0 Å². The van der Waals surface area contributed by atoms with E-state index in [9.17, 15) is 22.4 Å². The molecule has 0 aliphatic carbocycles. The molecule has 3 aromatic rings. The number of nitrogens with zero attached hydrogens (tertiary/aromatic N) is 1. The standard InChI is InChI=1S/C23H21ClFNO6S/c1-13-21(22-17(24)4-3-5-18(22)25)23(28)16-7-6-15(10-19(16)32-13)31-11-20(27)26(2)14-8-9-33(29,30)12-14/h3-7,10,14H,8-9,11-12H2,1-2H3/t14-/m0/s1. The monoisotopic (exact) mass is 493 g/mol. The Balaban J connectivity index is 1.57. The molecule has 0 bridgehead atoms. The Labute approximate surface area is 194 Å². The number of halogens is 2. The molecule has 1 amide bonds. The Morgan fingerprint density at radius 2 is 2.03 bits per heavy atom. The highest BCUT2D eigenvalue weighted by atomic mass is 35.5. The van der Waals surface area contributed by atoms with Crippen molar-refractivity contribution in [1.82, 2.24) is 4.90 Å². The number of hydrogen-bond acceptors (Lipinski definition) is 6. The van der Waals surface area contributed by atoms with Crippen molar-refractivity contribution in [2.75, 3.05) is 25.2 Å². The Bertz CT molecular complexity index is 1400. The first-order valence-electron chi connectivity index (χ1n) is 10.2. The largest absolute Gasteiger partial charge is 0.484 e. The van der Waals surface area contributed by atoms with Gasteiger partial charge in [-0.1, -0.05) is 17.7 Å². The van der Waals surface area contributed by atoms with Crippen LogP contribution in [0.25, 0.3) is 22.1 Å². The Morgan fingerprint density at radius 3 is 2.70 bits per heavy atom. The second-order valence-electron chi connectivity index (χ2n) is 7.97. The summed E-state index contributed by atoms with van der Waals surface area (Å²) in [7, 11) is -1.56. The summed E-state index contributed by atoms with van der Waals surface area (Å²) in [4.78, 5) is 26.9. The summed E-state index contributed by atoms with van der Waals surface area (Å²) < 4.78 is 49.0. The van der Waals surface area contributed by atoms with Crippen LogP contribution in [-0.2, 0) is 14.6 Å². The van der Waals surface area contributed by atoms with Gasteiger partial charge in [0.05, 0.1) is 27.5 Å². The molecule has 1 fully saturated rings. The van der Waals surface area contributed by atoms with E-state index in [1.165, 1.54) is 41.3 Å². The van der Waals surface area contributed by atoms with E-state index in [1.54, 1.807) is 14.0 Å². The molecule has 2 heterocycles. The zero-order valence-electron chi connectivity index (χ0n) is 17.9. The van der Waals surface area contributed by atoms with Gasteiger partial charge in [0, 0.05) is 24.7 Å². The van der Waals surface area contributed by atoms with Crippen LogP contribution in [0.3, 0.4) is 0 Å². The summed E-state index contributed by atoms with van der Waals surface area (Å²) in [5.41, 5.74) is -0.197. The van der Waals surface area contributed by atoms with Crippen LogP contribution in [0.1, 0.15) is 12.2 Å². The zero-order valence-corrected chi connectivity index (χ0v) is 19.5. The summed E-state index contributed by atoms with van der Waals surface area (Å²) in [5, 5.41) is 0.310. The third kappa shape index (κ3) is 4.60. The molecule has 0 radical (unpaired) electrons. The predicted molar refractivity (Wildman–Crippen MR) is 123 cm³/mol. The molecule has 0 N–H and O–H groups in total. The molecule has 2 aromatic carbocycles. The number of fused-ring (bicyclic) bond motifs is 1. The lowest BCUT2D eigenvalue weighted by atomic mass is 10.0. The second kappa shape index (κ2) is 8.79. The van der Waals surface area contributed by atoms with Gasteiger partial charge < -0.3 is 14.1 Å². The molecule has 174 valence electrons. The second-order valence-corrected chi connectivity index (χ2v) is 10.6. The third-order valence-electron chi connectivity index (χ3n) is 5.76. The van der Waals surface area contributed by atoms with Crippen molar-refractivity contribution < 1.29 is 26.8 Å². The summed E-state index contributed by atoms with van der Waals surface area (Å²) in [6.07, 6.45) is 0.402. The van der Waals surface area contributed by atoms with E-state index >= 15 is 0 Å². The molecular weight excluding hydrogens is 473 g/mol. The molecule has 0 unspecified atom stereocenters. The van der Waals surface area contributed by atoms with E-state index in [1.807, 2.05) is 0 Å². The Morgan fingerprint density at radius 1 is 1.27 bits per heavy atom. The van der Waals surface area contributed by atoms with Crippen molar-refractivity contribution >= 4 is 38.3 Å². The van der Waals surface area contributed by atoms with Gasteiger partial charge in [0.15, 0.2) is 16.4 Å². The van der Waals surface area contributed by atoms with Crippen molar-refractivity contribution in [1.29, 1.82) is 0 Å². The van der Waals surface area contributed by atoms with E-state index < -0.39 is 21.1 Å². The summed E-state index contributed by atoms with van der Waals surface area (Å²) >= 11 is 6.13. The van der Waals surface area contributed by atoms with Crippen LogP contribution in [-0.4, -0.2) is 50.4 Å². The first-order chi connectivity index (χ1) is 15.6. The Hall–Kier alpha value is -2.91. The van der Waals surface area contributed by atoms with E-state index in [-0.39, 0.29) is 62.9 Å². The van der Waals surface area contributed by atoms with E-state index in [4.69, 9.17) is 20.8 Å². The molecule has 33 heavy (non-hydrogen) atoms. The van der Waals surface area contributed by atoms with Crippen LogP contribution >= 0.6 is 11.6 Å². The maximum Gasteiger partial charge on any atom is 0.260 e. The topological polar surface area (TPSA) is 93.9 Å². The van der Waals surface area contributed by atoms with Crippen LogP contribution in [0.15, 0.2) is 45.6 Å². The van der Waals surface area contributed by atoms with Gasteiger partial charge in [0.25, 0.3) is 5.91 Å². The molecule has 1 aliphatic rings. The summed E-state index contributed by atoms with van der Waals surface area (Å²) in [6.45, 7) is 1.24. The van der Waals surface area contributed by atoms with Crippen molar-refractivity contribution in [3.8, 4) is 16.9 Å².